The van der Waals surface area contributed by atoms with Crippen molar-refractivity contribution >= 4 is 22.7 Å². The minimum Gasteiger partial charge on any atom is -0.360 e. The summed E-state index contributed by atoms with van der Waals surface area (Å²) < 4.78 is 0. The Balaban J connectivity index is 1.44. The standard InChI is InChI=1S/C22H21N3O3/c26-20(25(16-10-11-16)14-15-6-2-1-3-7-15)13-24-22(28)18-12-23-19-9-5-4-8-17(19)21(18)27/h1-9,12,16H,10-11,13-14H2,(H,23,27)(H,24,28). The van der Waals surface area contributed by atoms with Crippen molar-refractivity contribution in [2.24, 2.45) is 0 Å². The summed E-state index contributed by atoms with van der Waals surface area (Å²) >= 11 is 0. The Hall–Kier alpha value is -3.41. The Morgan fingerprint density at radius 2 is 1.75 bits per heavy atom. The Bertz CT molecular complexity index is 1070. The van der Waals surface area contributed by atoms with Gasteiger partial charge in [0.1, 0.15) is 5.56 Å². The molecule has 1 saturated carbocycles. The van der Waals surface area contributed by atoms with Crippen LogP contribution in [0, 0.1) is 0 Å². The van der Waals surface area contributed by atoms with Gasteiger partial charge in [0.15, 0.2) is 0 Å². The molecule has 2 aromatic carbocycles. The smallest absolute Gasteiger partial charge is 0.257 e. The first kappa shape index (κ1) is 18.0. The molecule has 0 bridgehead atoms. The van der Waals surface area contributed by atoms with Gasteiger partial charge in [0.2, 0.25) is 11.3 Å². The fraction of sp³-hybridized carbons (Fsp3) is 0.227. The largest absolute Gasteiger partial charge is 0.360 e. The van der Waals surface area contributed by atoms with Gasteiger partial charge in [-0.3, -0.25) is 14.4 Å². The molecule has 0 saturated heterocycles. The molecule has 1 fully saturated rings. The molecule has 1 aliphatic rings. The number of hydrogen-bond acceptors (Lipinski definition) is 3. The summed E-state index contributed by atoms with van der Waals surface area (Å²) in [7, 11) is 0. The van der Waals surface area contributed by atoms with Gasteiger partial charge in [0, 0.05) is 29.7 Å². The maximum Gasteiger partial charge on any atom is 0.257 e. The minimum absolute atomic E-state index is 0.00697. The maximum atomic E-state index is 12.7. The summed E-state index contributed by atoms with van der Waals surface area (Å²) in [5.74, 6) is -0.687. The zero-order valence-corrected chi connectivity index (χ0v) is 15.4. The van der Waals surface area contributed by atoms with Crippen LogP contribution in [0.5, 0.6) is 0 Å². The fourth-order valence-electron chi connectivity index (χ4n) is 3.28. The van der Waals surface area contributed by atoms with E-state index in [1.807, 2.05) is 36.4 Å². The third kappa shape index (κ3) is 3.81. The molecule has 0 aliphatic heterocycles. The molecule has 0 spiro atoms. The van der Waals surface area contributed by atoms with Crippen LogP contribution in [0.25, 0.3) is 10.9 Å². The van der Waals surface area contributed by atoms with E-state index in [1.54, 1.807) is 23.1 Å². The Kier molecular flexibility index (Phi) is 4.93. The van der Waals surface area contributed by atoms with Crippen molar-refractivity contribution in [1.29, 1.82) is 0 Å². The van der Waals surface area contributed by atoms with Gasteiger partial charge in [0.05, 0.1) is 6.54 Å². The second-order valence-electron chi connectivity index (χ2n) is 7.00. The molecule has 1 heterocycles. The number of aromatic amines is 1. The number of pyridine rings is 1. The van der Waals surface area contributed by atoms with E-state index in [0.29, 0.717) is 17.4 Å². The lowest BCUT2D eigenvalue weighted by Gasteiger charge is -2.22. The first-order chi connectivity index (χ1) is 13.6. The number of para-hydroxylation sites is 1. The highest BCUT2D eigenvalue weighted by Crippen LogP contribution is 2.28. The van der Waals surface area contributed by atoms with Gasteiger partial charge in [-0.25, -0.2) is 0 Å². The number of fused-ring (bicyclic) bond motifs is 1. The first-order valence-electron chi connectivity index (χ1n) is 9.35. The zero-order chi connectivity index (χ0) is 19.5. The quantitative estimate of drug-likeness (QED) is 0.694. The molecule has 2 amide bonds. The van der Waals surface area contributed by atoms with E-state index in [0.717, 1.165) is 18.4 Å². The Morgan fingerprint density at radius 1 is 1.04 bits per heavy atom. The summed E-state index contributed by atoms with van der Waals surface area (Å²) in [4.78, 5) is 42.5. The van der Waals surface area contributed by atoms with Crippen molar-refractivity contribution in [1.82, 2.24) is 15.2 Å². The van der Waals surface area contributed by atoms with Crippen LogP contribution in [0.4, 0.5) is 0 Å². The molecule has 0 unspecified atom stereocenters. The SMILES string of the molecule is O=C(NCC(=O)N(Cc1ccccc1)C1CC1)c1c[nH]c2ccccc2c1=O. The van der Waals surface area contributed by atoms with Gasteiger partial charge in [-0.05, 0) is 30.5 Å². The highest BCUT2D eigenvalue weighted by Gasteiger charge is 2.32. The average molecular weight is 375 g/mol. The number of hydrogen-bond donors (Lipinski definition) is 2. The zero-order valence-electron chi connectivity index (χ0n) is 15.4. The molecule has 0 atom stereocenters. The summed E-state index contributed by atoms with van der Waals surface area (Å²) in [5, 5.41) is 3.05. The number of rotatable bonds is 6. The van der Waals surface area contributed by atoms with Gasteiger partial charge in [0.25, 0.3) is 5.91 Å². The van der Waals surface area contributed by atoms with E-state index in [4.69, 9.17) is 0 Å². The topological polar surface area (TPSA) is 82.3 Å². The van der Waals surface area contributed by atoms with Crippen LogP contribution in [0.2, 0.25) is 0 Å². The molecule has 28 heavy (non-hydrogen) atoms. The van der Waals surface area contributed by atoms with E-state index in [-0.39, 0.29) is 29.5 Å². The number of H-pyrrole nitrogens is 1. The molecule has 1 aliphatic carbocycles. The summed E-state index contributed by atoms with van der Waals surface area (Å²) in [6, 6.07) is 17.0. The molecule has 3 aromatic rings. The maximum absolute atomic E-state index is 12.7. The van der Waals surface area contributed by atoms with Crippen molar-refractivity contribution in [3.8, 4) is 0 Å². The van der Waals surface area contributed by atoms with E-state index >= 15 is 0 Å². The van der Waals surface area contributed by atoms with Crippen LogP contribution in [0.15, 0.2) is 65.6 Å². The van der Waals surface area contributed by atoms with Crippen LogP contribution in [0.3, 0.4) is 0 Å². The van der Waals surface area contributed by atoms with Gasteiger partial charge in [-0.1, -0.05) is 42.5 Å². The predicted octanol–water partition coefficient (Wildman–Crippen LogP) is 2.45. The van der Waals surface area contributed by atoms with Crippen molar-refractivity contribution in [3.05, 3.63) is 82.1 Å². The molecule has 0 radical (unpaired) electrons. The molecule has 6 heteroatoms. The van der Waals surface area contributed by atoms with E-state index in [2.05, 4.69) is 10.3 Å². The normalized spacial score (nSPS) is 13.3. The van der Waals surface area contributed by atoms with Gasteiger partial charge in [-0.15, -0.1) is 0 Å². The molecular formula is C22H21N3O3. The second kappa shape index (κ2) is 7.68. The third-order valence-corrected chi connectivity index (χ3v) is 4.94. The summed E-state index contributed by atoms with van der Waals surface area (Å²) in [5.41, 5.74) is 1.39. The van der Waals surface area contributed by atoms with Crippen molar-refractivity contribution in [2.45, 2.75) is 25.4 Å². The highest BCUT2D eigenvalue weighted by molar-refractivity contribution is 5.98. The van der Waals surface area contributed by atoms with Crippen molar-refractivity contribution < 1.29 is 9.59 Å². The lowest BCUT2D eigenvalue weighted by molar-refractivity contribution is -0.131. The molecule has 6 nitrogen and oxygen atoms in total. The lowest BCUT2D eigenvalue weighted by atomic mass is 10.1. The summed E-state index contributed by atoms with van der Waals surface area (Å²) in [6.45, 7) is 0.394. The molecule has 4 rings (SSSR count). The minimum atomic E-state index is -0.546. The van der Waals surface area contributed by atoms with E-state index in [1.165, 1.54) is 6.20 Å². The van der Waals surface area contributed by atoms with E-state index < -0.39 is 5.91 Å². The first-order valence-corrected chi connectivity index (χ1v) is 9.35. The number of nitrogens with one attached hydrogen (secondary N) is 2. The number of benzene rings is 2. The Morgan fingerprint density at radius 3 is 2.50 bits per heavy atom. The molecule has 1 aromatic heterocycles. The summed E-state index contributed by atoms with van der Waals surface area (Å²) in [6.07, 6.45) is 3.36. The lowest BCUT2D eigenvalue weighted by Crippen LogP contribution is -2.41. The van der Waals surface area contributed by atoms with Crippen LogP contribution in [-0.2, 0) is 11.3 Å². The van der Waals surface area contributed by atoms with Crippen LogP contribution in [0.1, 0.15) is 28.8 Å². The predicted molar refractivity (Wildman–Crippen MR) is 107 cm³/mol. The van der Waals surface area contributed by atoms with Gasteiger partial charge in [-0.2, -0.15) is 0 Å². The van der Waals surface area contributed by atoms with Crippen LogP contribution < -0.4 is 10.7 Å². The van der Waals surface area contributed by atoms with Crippen molar-refractivity contribution in [2.75, 3.05) is 6.54 Å². The van der Waals surface area contributed by atoms with Crippen molar-refractivity contribution in [3.63, 3.8) is 0 Å². The second-order valence-corrected chi connectivity index (χ2v) is 7.00. The monoisotopic (exact) mass is 375 g/mol. The molecule has 2 N–H and O–H groups in total. The van der Waals surface area contributed by atoms with Crippen LogP contribution >= 0.6 is 0 Å². The highest BCUT2D eigenvalue weighted by atomic mass is 16.2. The van der Waals surface area contributed by atoms with E-state index in [9.17, 15) is 14.4 Å². The third-order valence-electron chi connectivity index (χ3n) is 4.94. The number of carbonyl (C=O) groups excluding carboxylic acids is 2. The van der Waals surface area contributed by atoms with Gasteiger partial charge < -0.3 is 15.2 Å². The average Bonchev–Trinajstić information content (AvgIpc) is 3.56. The number of amides is 2. The fourth-order valence-corrected chi connectivity index (χ4v) is 3.28. The van der Waals surface area contributed by atoms with Crippen LogP contribution in [-0.4, -0.2) is 34.3 Å². The number of nitrogens with zero attached hydrogens (tertiary/aromatic N) is 1. The number of aromatic nitrogens is 1. The Labute approximate surface area is 162 Å². The molecule has 142 valence electrons. The molecular weight excluding hydrogens is 354 g/mol. The number of carbonyl (C=O) groups is 2. The van der Waals surface area contributed by atoms with Gasteiger partial charge >= 0.3 is 0 Å².